The Morgan fingerprint density at radius 3 is 1.65 bits per heavy atom. The maximum atomic E-state index is 4.68. The number of ether oxygens (including phenoxy) is 1. The van der Waals surface area contributed by atoms with Crippen LogP contribution in [0.1, 0.15) is 84.0 Å². The molecule has 0 aromatic rings. The molecule has 0 rings (SSSR count). The van der Waals surface area contributed by atoms with Crippen molar-refractivity contribution in [3.05, 3.63) is 0 Å². The summed E-state index contributed by atoms with van der Waals surface area (Å²) in [6.45, 7) is 2.27. The molecule has 0 amide bonds. The molecule has 0 aliphatic carbocycles. The molecule has 17 heavy (non-hydrogen) atoms. The topological polar surface area (TPSA) is 9.23 Å². The Kier molecular flexibility index (Phi) is 14.8. The van der Waals surface area contributed by atoms with Gasteiger partial charge in [-0.15, -0.1) is 0 Å². The van der Waals surface area contributed by atoms with Crippen molar-refractivity contribution in [2.45, 2.75) is 84.0 Å². The van der Waals surface area contributed by atoms with Gasteiger partial charge in [0.1, 0.15) is 6.11 Å². The SMILES string of the molecule is CCCCCCCCCCCCCC#COC. The van der Waals surface area contributed by atoms with Gasteiger partial charge in [0.05, 0.1) is 7.11 Å². The average molecular weight is 238 g/mol. The molecule has 0 atom stereocenters. The van der Waals surface area contributed by atoms with Crippen LogP contribution in [0.5, 0.6) is 0 Å². The summed E-state index contributed by atoms with van der Waals surface area (Å²) in [5, 5.41) is 0. The van der Waals surface area contributed by atoms with Crippen LogP contribution in [0.25, 0.3) is 0 Å². The Hall–Kier alpha value is -0.640. The number of hydrogen-bond donors (Lipinski definition) is 0. The van der Waals surface area contributed by atoms with Gasteiger partial charge in [-0.3, -0.25) is 0 Å². The molecule has 100 valence electrons. The minimum atomic E-state index is 0.991. The summed E-state index contributed by atoms with van der Waals surface area (Å²) >= 11 is 0. The fraction of sp³-hybridized carbons (Fsp3) is 0.875. The lowest BCUT2D eigenvalue weighted by atomic mass is 10.1. The van der Waals surface area contributed by atoms with E-state index in [2.05, 4.69) is 23.7 Å². The molecule has 0 saturated carbocycles. The van der Waals surface area contributed by atoms with Crippen molar-refractivity contribution in [2.75, 3.05) is 7.11 Å². The van der Waals surface area contributed by atoms with Gasteiger partial charge in [-0.1, -0.05) is 77.1 Å². The normalized spacial score (nSPS) is 9.76. The lowest BCUT2D eigenvalue weighted by molar-refractivity contribution is 0.371. The second-order valence-electron chi connectivity index (χ2n) is 4.77. The average Bonchev–Trinajstić information content (AvgIpc) is 2.35. The molecule has 0 aromatic carbocycles. The Labute approximate surface area is 108 Å². The zero-order valence-corrected chi connectivity index (χ0v) is 11.9. The van der Waals surface area contributed by atoms with Crippen LogP contribution in [0.2, 0.25) is 0 Å². The molecule has 0 aliphatic heterocycles. The molecular formula is C16H30O. The summed E-state index contributed by atoms with van der Waals surface area (Å²) < 4.78 is 4.68. The van der Waals surface area contributed by atoms with Crippen molar-refractivity contribution < 1.29 is 4.74 Å². The van der Waals surface area contributed by atoms with Crippen LogP contribution >= 0.6 is 0 Å². The van der Waals surface area contributed by atoms with Crippen LogP contribution in [0.4, 0.5) is 0 Å². The highest BCUT2D eigenvalue weighted by atomic mass is 16.5. The van der Waals surface area contributed by atoms with Gasteiger partial charge < -0.3 is 4.74 Å². The van der Waals surface area contributed by atoms with Gasteiger partial charge >= 0.3 is 0 Å². The van der Waals surface area contributed by atoms with Crippen LogP contribution in [-0.2, 0) is 4.74 Å². The lowest BCUT2D eigenvalue weighted by Gasteiger charge is -2.01. The van der Waals surface area contributed by atoms with E-state index in [-0.39, 0.29) is 0 Å². The Morgan fingerprint density at radius 1 is 0.706 bits per heavy atom. The number of methoxy groups -OCH3 is 1. The molecule has 0 heterocycles. The van der Waals surface area contributed by atoms with E-state index < -0.39 is 0 Å². The van der Waals surface area contributed by atoms with Gasteiger partial charge in [-0.25, -0.2) is 0 Å². The first-order valence-corrected chi connectivity index (χ1v) is 7.42. The monoisotopic (exact) mass is 238 g/mol. The predicted molar refractivity (Wildman–Crippen MR) is 75.9 cm³/mol. The summed E-state index contributed by atoms with van der Waals surface area (Å²) in [7, 11) is 1.62. The van der Waals surface area contributed by atoms with Crippen LogP contribution in [0.15, 0.2) is 0 Å². The predicted octanol–water partition coefficient (Wildman–Crippen LogP) is 5.29. The highest BCUT2D eigenvalue weighted by Crippen LogP contribution is 2.11. The zero-order chi connectivity index (χ0) is 12.6. The van der Waals surface area contributed by atoms with Gasteiger partial charge in [0.25, 0.3) is 0 Å². The zero-order valence-electron chi connectivity index (χ0n) is 11.9. The molecule has 0 spiro atoms. The van der Waals surface area contributed by atoms with Gasteiger partial charge in [0, 0.05) is 6.42 Å². The van der Waals surface area contributed by atoms with E-state index in [1.54, 1.807) is 7.11 Å². The van der Waals surface area contributed by atoms with Crippen LogP contribution in [0, 0.1) is 12.0 Å². The lowest BCUT2D eigenvalue weighted by Crippen LogP contribution is -1.82. The number of hydrogen-bond acceptors (Lipinski definition) is 1. The number of rotatable bonds is 11. The fourth-order valence-corrected chi connectivity index (χ4v) is 2.00. The van der Waals surface area contributed by atoms with E-state index in [1.165, 1.54) is 70.6 Å². The van der Waals surface area contributed by atoms with E-state index in [0.29, 0.717) is 0 Å². The Balaban J connectivity index is 2.94. The summed E-state index contributed by atoms with van der Waals surface area (Å²) in [4.78, 5) is 0. The van der Waals surface area contributed by atoms with Gasteiger partial charge in [-0.05, 0) is 6.42 Å². The molecule has 0 aliphatic rings. The summed E-state index contributed by atoms with van der Waals surface area (Å²) in [5.41, 5.74) is 0. The molecule has 0 N–H and O–H groups in total. The molecule has 1 nitrogen and oxygen atoms in total. The second-order valence-corrected chi connectivity index (χ2v) is 4.77. The molecule has 0 aromatic heterocycles. The van der Waals surface area contributed by atoms with E-state index in [4.69, 9.17) is 0 Å². The van der Waals surface area contributed by atoms with Crippen molar-refractivity contribution in [1.29, 1.82) is 0 Å². The Bertz CT molecular complexity index is 187. The molecule has 0 fully saturated rings. The van der Waals surface area contributed by atoms with E-state index in [1.807, 2.05) is 0 Å². The third kappa shape index (κ3) is 15.4. The van der Waals surface area contributed by atoms with E-state index >= 15 is 0 Å². The molecule has 0 unspecified atom stereocenters. The molecular weight excluding hydrogens is 208 g/mol. The summed E-state index contributed by atoms with van der Waals surface area (Å²) in [6, 6.07) is 0. The molecule has 0 radical (unpaired) electrons. The first-order chi connectivity index (χ1) is 8.41. The maximum absolute atomic E-state index is 4.68. The molecule has 1 heteroatoms. The van der Waals surface area contributed by atoms with E-state index in [0.717, 1.165) is 6.42 Å². The van der Waals surface area contributed by atoms with Crippen molar-refractivity contribution in [3.63, 3.8) is 0 Å². The quantitative estimate of drug-likeness (QED) is 0.351. The van der Waals surface area contributed by atoms with Gasteiger partial charge in [0.2, 0.25) is 0 Å². The third-order valence-electron chi connectivity index (χ3n) is 3.08. The van der Waals surface area contributed by atoms with Crippen LogP contribution in [0.3, 0.4) is 0 Å². The maximum Gasteiger partial charge on any atom is 0.109 e. The van der Waals surface area contributed by atoms with Gasteiger partial charge in [0.15, 0.2) is 0 Å². The summed E-state index contributed by atoms with van der Waals surface area (Å²) in [6.07, 6.45) is 18.9. The standard InChI is InChI=1S/C16H30O/c1-3-4-5-6-7-8-9-10-11-12-13-14-15-16-17-2/h3-14H2,1-2H3. The second kappa shape index (κ2) is 15.4. The van der Waals surface area contributed by atoms with Crippen molar-refractivity contribution in [1.82, 2.24) is 0 Å². The van der Waals surface area contributed by atoms with Crippen molar-refractivity contribution >= 4 is 0 Å². The van der Waals surface area contributed by atoms with Crippen LogP contribution < -0.4 is 0 Å². The minimum Gasteiger partial charge on any atom is -0.450 e. The van der Waals surface area contributed by atoms with Crippen molar-refractivity contribution in [3.8, 4) is 12.0 Å². The van der Waals surface area contributed by atoms with Crippen LogP contribution in [-0.4, -0.2) is 7.11 Å². The smallest absolute Gasteiger partial charge is 0.109 e. The van der Waals surface area contributed by atoms with E-state index in [9.17, 15) is 0 Å². The number of unbranched alkanes of at least 4 members (excludes halogenated alkanes) is 11. The largest absolute Gasteiger partial charge is 0.450 e. The van der Waals surface area contributed by atoms with Gasteiger partial charge in [-0.2, -0.15) is 0 Å². The summed E-state index contributed by atoms with van der Waals surface area (Å²) in [5.74, 6) is 2.99. The first kappa shape index (κ1) is 16.4. The highest BCUT2D eigenvalue weighted by molar-refractivity contribution is 4.90. The Morgan fingerprint density at radius 2 is 1.18 bits per heavy atom. The highest BCUT2D eigenvalue weighted by Gasteiger charge is 1.92. The van der Waals surface area contributed by atoms with Crippen molar-refractivity contribution in [2.24, 2.45) is 0 Å². The third-order valence-corrected chi connectivity index (χ3v) is 3.08. The molecule has 0 bridgehead atoms. The first-order valence-electron chi connectivity index (χ1n) is 7.42. The fourth-order valence-electron chi connectivity index (χ4n) is 2.00. The molecule has 0 saturated heterocycles. The minimum absolute atomic E-state index is 0.991.